The minimum Gasteiger partial charge on any atom is -0.489 e. The molecule has 5 heteroatoms. The highest BCUT2D eigenvalue weighted by Gasteiger charge is 2.10. The predicted octanol–water partition coefficient (Wildman–Crippen LogP) is 1.65. The fourth-order valence-corrected chi connectivity index (χ4v) is 2.15. The molecule has 2 rings (SSSR count). The van der Waals surface area contributed by atoms with E-state index in [9.17, 15) is 4.39 Å². The molecule has 20 heavy (non-hydrogen) atoms. The molecule has 1 saturated heterocycles. The first-order chi connectivity index (χ1) is 9.79. The van der Waals surface area contributed by atoms with Crippen molar-refractivity contribution in [3.05, 3.63) is 29.6 Å². The van der Waals surface area contributed by atoms with Gasteiger partial charge in [0.1, 0.15) is 6.61 Å². The number of benzene rings is 1. The molecule has 1 aromatic rings. The number of ether oxygens (including phenoxy) is 2. The van der Waals surface area contributed by atoms with Gasteiger partial charge in [-0.25, -0.2) is 4.39 Å². The van der Waals surface area contributed by atoms with Crippen LogP contribution in [-0.2, 0) is 11.3 Å². The van der Waals surface area contributed by atoms with Gasteiger partial charge in [0.15, 0.2) is 11.6 Å². The van der Waals surface area contributed by atoms with E-state index in [0.717, 1.165) is 45.0 Å². The van der Waals surface area contributed by atoms with Gasteiger partial charge in [-0.3, -0.25) is 4.90 Å². The highest BCUT2D eigenvalue weighted by atomic mass is 19.1. The Bertz CT molecular complexity index is 409. The first-order valence-corrected chi connectivity index (χ1v) is 7.21. The number of nitrogens with one attached hydrogen (secondary N) is 1. The van der Waals surface area contributed by atoms with Crippen LogP contribution < -0.4 is 10.1 Å². The van der Waals surface area contributed by atoms with Crippen molar-refractivity contribution in [1.29, 1.82) is 0 Å². The van der Waals surface area contributed by atoms with Gasteiger partial charge >= 0.3 is 0 Å². The van der Waals surface area contributed by atoms with Crippen molar-refractivity contribution < 1.29 is 13.9 Å². The second-order valence-corrected chi connectivity index (χ2v) is 4.85. The summed E-state index contributed by atoms with van der Waals surface area (Å²) >= 11 is 0. The van der Waals surface area contributed by atoms with E-state index in [4.69, 9.17) is 9.47 Å². The molecule has 0 radical (unpaired) electrons. The lowest BCUT2D eigenvalue weighted by atomic mass is 10.2. The van der Waals surface area contributed by atoms with Crippen molar-refractivity contribution in [1.82, 2.24) is 10.2 Å². The molecule has 0 spiro atoms. The lowest BCUT2D eigenvalue weighted by Crippen LogP contribution is -2.38. The quantitative estimate of drug-likeness (QED) is 0.824. The maximum absolute atomic E-state index is 13.9. The van der Waals surface area contributed by atoms with Crippen LogP contribution in [0.15, 0.2) is 18.2 Å². The van der Waals surface area contributed by atoms with Crippen LogP contribution in [0.25, 0.3) is 0 Å². The summed E-state index contributed by atoms with van der Waals surface area (Å²) < 4.78 is 24.7. The highest BCUT2D eigenvalue weighted by Crippen LogP contribution is 2.18. The topological polar surface area (TPSA) is 33.7 Å². The fourth-order valence-electron chi connectivity index (χ4n) is 2.15. The zero-order chi connectivity index (χ0) is 14.2. The third-order valence-electron chi connectivity index (χ3n) is 3.34. The molecule has 0 aliphatic carbocycles. The molecular weight excluding hydrogens is 259 g/mol. The monoisotopic (exact) mass is 282 g/mol. The minimum absolute atomic E-state index is 0.289. The Kier molecular flexibility index (Phi) is 6.24. The van der Waals surface area contributed by atoms with Crippen LogP contribution >= 0.6 is 0 Å². The van der Waals surface area contributed by atoms with Crippen LogP contribution in [0.2, 0.25) is 0 Å². The maximum Gasteiger partial charge on any atom is 0.165 e. The van der Waals surface area contributed by atoms with Gasteiger partial charge in [0.2, 0.25) is 0 Å². The van der Waals surface area contributed by atoms with Crippen LogP contribution in [0.5, 0.6) is 5.75 Å². The predicted molar refractivity (Wildman–Crippen MR) is 76.5 cm³/mol. The number of nitrogens with zero attached hydrogens (tertiary/aromatic N) is 1. The zero-order valence-electron chi connectivity index (χ0n) is 12.0. The van der Waals surface area contributed by atoms with Crippen LogP contribution in [0.3, 0.4) is 0 Å². The Morgan fingerprint density at radius 1 is 1.35 bits per heavy atom. The van der Waals surface area contributed by atoms with E-state index in [2.05, 4.69) is 10.2 Å². The molecule has 1 heterocycles. The van der Waals surface area contributed by atoms with Crippen molar-refractivity contribution in [3.63, 3.8) is 0 Å². The van der Waals surface area contributed by atoms with E-state index < -0.39 is 0 Å². The van der Waals surface area contributed by atoms with Crippen LogP contribution in [-0.4, -0.2) is 50.9 Å². The molecule has 1 fully saturated rings. The van der Waals surface area contributed by atoms with Crippen molar-refractivity contribution in [2.75, 3.05) is 46.0 Å². The largest absolute Gasteiger partial charge is 0.489 e. The maximum atomic E-state index is 13.9. The van der Waals surface area contributed by atoms with Crippen molar-refractivity contribution in [3.8, 4) is 5.75 Å². The smallest absolute Gasteiger partial charge is 0.165 e. The van der Waals surface area contributed by atoms with Crippen LogP contribution in [0, 0.1) is 5.82 Å². The van der Waals surface area contributed by atoms with Crippen LogP contribution in [0.1, 0.15) is 12.5 Å². The lowest BCUT2D eigenvalue weighted by Gasteiger charge is -2.26. The van der Waals surface area contributed by atoms with Gasteiger partial charge in [-0.05, 0) is 24.2 Å². The standard InChI is InChI=1S/C15H23FN2O2/c1-2-17-12-13-3-4-15(14(16)11-13)20-10-7-18-5-8-19-9-6-18/h3-4,11,17H,2,5-10,12H2,1H3. The average Bonchev–Trinajstić information content (AvgIpc) is 2.48. The number of hydrogen-bond acceptors (Lipinski definition) is 4. The lowest BCUT2D eigenvalue weighted by molar-refractivity contribution is 0.0320. The normalized spacial score (nSPS) is 16.3. The summed E-state index contributed by atoms with van der Waals surface area (Å²) in [5.74, 6) is 0.0425. The zero-order valence-corrected chi connectivity index (χ0v) is 12.0. The van der Waals surface area contributed by atoms with E-state index in [1.54, 1.807) is 6.07 Å². The van der Waals surface area contributed by atoms with E-state index >= 15 is 0 Å². The Morgan fingerprint density at radius 3 is 2.85 bits per heavy atom. The third-order valence-corrected chi connectivity index (χ3v) is 3.34. The van der Waals surface area contributed by atoms with Gasteiger partial charge < -0.3 is 14.8 Å². The molecule has 1 aliphatic rings. The summed E-state index contributed by atoms with van der Waals surface area (Å²) in [7, 11) is 0. The number of rotatable bonds is 7. The summed E-state index contributed by atoms with van der Waals surface area (Å²) in [5, 5.41) is 3.17. The molecule has 0 amide bonds. The van der Waals surface area contributed by atoms with Gasteiger partial charge in [-0.2, -0.15) is 0 Å². The molecule has 1 aromatic carbocycles. The number of halogens is 1. The Labute approximate surface area is 119 Å². The van der Waals surface area contributed by atoms with E-state index in [1.165, 1.54) is 6.07 Å². The van der Waals surface area contributed by atoms with Gasteiger partial charge in [0.05, 0.1) is 13.2 Å². The molecular formula is C15H23FN2O2. The fraction of sp³-hybridized carbons (Fsp3) is 0.600. The van der Waals surface area contributed by atoms with E-state index in [-0.39, 0.29) is 5.82 Å². The molecule has 0 saturated carbocycles. The SMILES string of the molecule is CCNCc1ccc(OCCN2CCOCC2)c(F)c1. The summed E-state index contributed by atoms with van der Waals surface area (Å²) in [4.78, 5) is 2.26. The Balaban J connectivity index is 1.77. The highest BCUT2D eigenvalue weighted by molar-refractivity contribution is 5.29. The molecule has 0 unspecified atom stereocenters. The van der Waals surface area contributed by atoms with Gasteiger partial charge in [-0.1, -0.05) is 13.0 Å². The number of hydrogen-bond donors (Lipinski definition) is 1. The summed E-state index contributed by atoms with van der Waals surface area (Å²) in [6.45, 7) is 8.29. The molecule has 0 bridgehead atoms. The third kappa shape index (κ3) is 4.74. The molecule has 0 atom stereocenters. The minimum atomic E-state index is -0.289. The van der Waals surface area contributed by atoms with Crippen molar-refractivity contribution in [2.24, 2.45) is 0 Å². The summed E-state index contributed by atoms with van der Waals surface area (Å²) in [5.41, 5.74) is 0.935. The van der Waals surface area contributed by atoms with Crippen LogP contribution in [0.4, 0.5) is 4.39 Å². The summed E-state index contributed by atoms with van der Waals surface area (Å²) in [6.07, 6.45) is 0. The molecule has 0 aromatic heterocycles. The molecule has 112 valence electrons. The van der Waals surface area contributed by atoms with E-state index in [0.29, 0.717) is 18.9 Å². The average molecular weight is 282 g/mol. The molecule has 1 N–H and O–H groups in total. The molecule has 4 nitrogen and oxygen atoms in total. The van der Waals surface area contributed by atoms with Gasteiger partial charge in [0, 0.05) is 26.2 Å². The molecule has 1 aliphatic heterocycles. The Morgan fingerprint density at radius 2 is 2.15 bits per heavy atom. The van der Waals surface area contributed by atoms with E-state index in [1.807, 2.05) is 13.0 Å². The summed E-state index contributed by atoms with van der Waals surface area (Å²) in [6, 6.07) is 5.14. The Hall–Kier alpha value is -1.17. The van der Waals surface area contributed by atoms with Crippen molar-refractivity contribution >= 4 is 0 Å². The first kappa shape index (κ1) is 15.2. The first-order valence-electron chi connectivity index (χ1n) is 7.21. The van der Waals surface area contributed by atoms with Gasteiger partial charge in [0.25, 0.3) is 0 Å². The number of morpholine rings is 1. The van der Waals surface area contributed by atoms with Crippen molar-refractivity contribution in [2.45, 2.75) is 13.5 Å². The second-order valence-electron chi connectivity index (χ2n) is 4.85. The second kappa shape index (κ2) is 8.19. The van der Waals surface area contributed by atoms with Gasteiger partial charge in [-0.15, -0.1) is 0 Å².